The summed E-state index contributed by atoms with van der Waals surface area (Å²) in [7, 11) is 0. The lowest BCUT2D eigenvalue weighted by atomic mass is 9.91. The van der Waals surface area contributed by atoms with E-state index in [4.69, 9.17) is 0 Å². The first-order chi connectivity index (χ1) is 8.16. The third-order valence-electron chi connectivity index (χ3n) is 3.44. The third-order valence-corrected chi connectivity index (χ3v) is 3.44. The van der Waals surface area contributed by atoms with Gasteiger partial charge in [-0.05, 0) is 62.9 Å². The zero-order valence-electron chi connectivity index (χ0n) is 10.2. The van der Waals surface area contributed by atoms with Gasteiger partial charge in [-0.2, -0.15) is 0 Å². The van der Waals surface area contributed by atoms with E-state index >= 15 is 0 Å². The summed E-state index contributed by atoms with van der Waals surface area (Å²) in [6, 6.07) is 5.31. The summed E-state index contributed by atoms with van der Waals surface area (Å²) in [5, 5.41) is 12.9. The van der Waals surface area contributed by atoms with Crippen LogP contribution in [0.5, 0.6) is 5.75 Å². The molecule has 1 heterocycles. The maximum atomic E-state index is 13.3. The molecule has 0 radical (unpaired) electrons. The van der Waals surface area contributed by atoms with E-state index in [0.717, 1.165) is 25.1 Å². The summed E-state index contributed by atoms with van der Waals surface area (Å²) in [5.41, 5.74) is 1.53. The van der Waals surface area contributed by atoms with Crippen molar-refractivity contribution in [1.82, 2.24) is 5.32 Å². The first-order valence-electron chi connectivity index (χ1n) is 6.33. The maximum Gasteiger partial charge on any atom is 0.126 e. The smallest absolute Gasteiger partial charge is 0.126 e. The summed E-state index contributed by atoms with van der Waals surface area (Å²) in [6.45, 7) is 3.61. The van der Waals surface area contributed by atoms with E-state index in [1.165, 1.54) is 19.8 Å². The van der Waals surface area contributed by atoms with Crippen molar-refractivity contribution >= 4 is 0 Å². The number of benzene rings is 1. The minimum Gasteiger partial charge on any atom is -0.508 e. The molecule has 0 aromatic heterocycles. The number of piperidine rings is 1. The van der Waals surface area contributed by atoms with Crippen LogP contribution in [0.2, 0.25) is 0 Å². The Morgan fingerprint density at radius 1 is 1.53 bits per heavy atom. The molecule has 17 heavy (non-hydrogen) atoms. The van der Waals surface area contributed by atoms with Crippen molar-refractivity contribution < 1.29 is 9.50 Å². The van der Waals surface area contributed by atoms with Crippen molar-refractivity contribution in [3.05, 3.63) is 29.3 Å². The second-order valence-electron chi connectivity index (χ2n) is 4.93. The van der Waals surface area contributed by atoms with Gasteiger partial charge < -0.3 is 10.4 Å². The summed E-state index contributed by atoms with van der Waals surface area (Å²) >= 11 is 0. The van der Waals surface area contributed by atoms with Crippen molar-refractivity contribution in [2.45, 2.75) is 32.4 Å². The Balaban J connectivity index is 2.07. The minimum atomic E-state index is -1.11. The quantitative estimate of drug-likeness (QED) is 0.847. The number of hydrogen-bond acceptors (Lipinski definition) is 2. The Morgan fingerprint density at radius 2 is 2.35 bits per heavy atom. The van der Waals surface area contributed by atoms with Crippen LogP contribution in [-0.4, -0.2) is 18.2 Å². The van der Waals surface area contributed by atoms with Gasteiger partial charge in [0.25, 0.3) is 0 Å². The Bertz CT molecular complexity index is 372. The van der Waals surface area contributed by atoms with Gasteiger partial charge in [0.05, 0.1) is 0 Å². The molecule has 1 aromatic rings. The van der Waals surface area contributed by atoms with Crippen molar-refractivity contribution in [1.29, 1.82) is 0 Å². The van der Waals surface area contributed by atoms with Gasteiger partial charge >= 0.3 is 0 Å². The van der Waals surface area contributed by atoms with Crippen LogP contribution >= 0.6 is 0 Å². The molecule has 2 unspecified atom stereocenters. The van der Waals surface area contributed by atoms with Crippen LogP contribution in [0.15, 0.2) is 18.2 Å². The molecule has 0 amide bonds. The number of rotatable bonds is 3. The van der Waals surface area contributed by atoms with Crippen LogP contribution in [0.1, 0.15) is 37.1 Å². The molecule has 2 atom stereocenters. The average Bonchev–Trinajstić information content (AvgIpc) is 2.32. The molecule has 0 aliphatic carbocycles. The summed E-state index contributed by atoms with van der Waals surface area (Å²) in [4.78, 5) is 0. The minimum absolute atomic E-state index is 0.0607. The van der Waals surface area contributed by atoms with Gasteiger partial charge in [0.15, 0.2) is 0 Å². The third kappa shape index (κ3) is 3.19. The van der Waals surface area contributed by atoms with Crippen LogP contribution in [0.3, 0.4) is 0 Å². The number of nitrogens with one attached hydrogen (secondary N) is 1. The molecule has 2 N–H and O–H groups in total. The Labute approximate surface area is 102 Å². The Hall–Kier alpha value is -1.09. The Morgan fingerprint density at radius 3 is 3.00 bits per heavy atom. The average molecular weight is 237 g/mol. The molecule has 1 aromatic carbocycles. The second-order valence-corrected chi connectivity index (χ2v) is 4.93. The van der Waals surface area contributed by atoms with Gasteiger partial charge in [-0.15, -0.1) is 0 Å². The van der Waals surface area contributed by atoms with Crippen molar-refractivity contribution in [3.8, 4) is 5.75 Å². The molecule has 1 aliphatic heterocycles. The molecule has 94 valence electrons. The van der Waals surface area contributed by atoms with Crippen LogP contribution in [-0.2, 0) is 6.42 Å². The molecule has 0 bridgehead atoms. The number of halogens is 1. The van der Waals surface area contributed by atoms with E-state index in [1.54, 1.807) is 12.1 Å². The lowest BCUT2D eigenvalue weighted by Crippen LogP contribution is -2.30. The maximum absolute atomic E-state index is 13.3. The number of hydrogen-bond donors (Lipinski definition) is 2. The molecule has 2 nitrogen and oxygen atoms in total. The van der Waals surface area contributed by atoms with Gasteiger partial charge in [-0.3, -0.25) is 0 Å². The zero-order chi connectivity index (χ0) is 12.3. The SMILES string of the molecule is CC(F)c1cc(CC2CCCNC2)ccc1O. The van der Waals surface area contributed by atoms with Crippen molar-refractivity contribution in [2.75, 3.05) is 13.1 Å². The number of phenols is 1. The number of alkyl halides is 1. The van der Waals surface area contributed by atoms with Crippen molar-refractivity contribution in [2.24, 2.45) is 5.92 Å². The van der Waals surface area contributed by atoms with Crippen LogP contribution in [0.25, 0.3) is 0 Å². The zero-order valence-corrected chi connectivity index (χ0v) is 10.2. The lowest BCUT2D eigenvalue weighted by Gasteiger charge is -2.23. The highest BCUT2D eigenvalue weighted by Crippen LogP contribution is 2.28. The fourth-order valence-electron chi connectivity index (χ4n) is 2.48. The molecule has 1 aliphatic rings. The summed E-state index contributed by atoms with van der Waals surface area (Å²) < 4.78 is 13.3. The van der Waals surface area contributed by atoms with E-state index < -0.39 is 6.17 Å². The lowest BCUT2D eigenvalue weighted by molar-refractivity contribution is 0.354. The normalized spacial score (nSPS) is 22.4. The highest BCUT2D eigenvalue weighted by molar-refractivity contribution is 5.37. The van der Waals surface area contributed by atoms with Crippen LogP contribution < -0.4 is 5.32 Å². The van der Waals surface area contributed by atoms with Crippen LogP contribution in [0.4, 0.5) is 4.39 Å². The highest BCUT2D eigenvalue weighted by atomic mass is 19.1. The van der Waals surface area contributed by atoms with E-state index in [-0.39, 0.29) is 5.75 Å². The first kappa shape index (κ1) is 12.4. The van der Waals surface area contributed by atoms with Gasteiger partial charge in [-0.1, -0.05) is 6.07 Å². The standard InChI is InChI=1S/C14H20FNO/c1-10(15)13-8-11(4-5-14(13)17)7-12-3-2-6-16-9-12/h4-5,8,10,12,16-17H,2-3,6-7,9H2,1H3. The fourth-order valence-corrected chi connectivity index (χ4v) is 2.48. The fraction of sp³-hybridized carbons (Fsp3) is 0.571. The predicted octanol–water partition coefficient (Wildman–Crippen LogP) is 2.96. The highest BCUT2D eigenvalue weighted by Gasteiger charge is 2.15. The van der Waals surface area contributed by atoms with E-state index in [9.17, 15) is 9.50 Å². The van der Waals surface area contributed by atoms with E-state index in [1.807, 2.05) is 6.07 Å². The van der Waals surface area contributed by atoms with E-state index in [2.05, 4.69) is 5.32 Å². The molecular formula is C14H20FNO. The van der Waals surface area contributed by atoms with Gasteiger partial charge in [0.2, 0.25) is 0 Å². The van der Waals surface area contributed by atoms with Gasteiger partial charge in [0.1, 0.15) is 11.9 Å². The number of aromatic hydroxyl groups is 1. The summed E-state index contributed by atoms with van der Waals surface area (Å²) in [5.74, 6) is 0.696. The largest absolute Gasteiger partial charge is 0.508 e. The molecule has 0 saturated carbocycles. The van der Waals surface area contributed by atoms with Gasteiger partial charge in [0, 0.05) is 5.56 Å². The van der Waals surface area contributed by atoms with Gasteiger partial charge in [-0.25, -0.2) is 4.39 Å². The van der Waals surface area contributed by atoms with Crippen LogP contribution in [0, 0.1) is 5.92 Å². The predicted molar refractivity (Wildman–Crippen MR) is 66.9 cm³/mol. The van der Waals surface area contributed by atoms with Crippen molar-refractivity contribution in [3.63, 3.8) is 0 Å². The molecular weight excluding hydrogens is 217 g/mol. The molecule has 3 heteroatoms. The molecule has 0 spiro atoms. The molecule has 1 saturated heterocycles. The second kappa shape index (κ2) is 5.50. The molecule has 1 fully saturated rings. The Kier molecular flexibility index (Phi) is 4.00. The monoisotopic (exact) mass is 237 g/mol. The summed E-state index contributed by atoms with van der Waals surface area (Å²) in [6.07, 6.45) is 2.30. The number of phenolic OH excluding ortho intramolecular Hbond substituents is 1. The van der Waals surface area contributed by atoms with E-state index in [0.29, 0.717) is 11.5 Å². The molecule has 2 rings (SSSR count). The topological polar surface area (TPSA) is 32.3 Å². The first-order valence-corrected chi connectivity index (χ1v) is 6.33.